The van der Waals surface area contributed by atoms with Gasteiger partial charge in [-0.3, -0.25) is 4.79 Å². The third-order valence-electron chi connectivity index (χ3n) is 15.6. The predicted molar refractivity (Wildman–Crippen MR) is 304 cm³/mol. The van der Waals surface area contributed by atoms with Crippen molar-refractivity contribution in [3.63, 3.8) is 0 Å². The van der Waals surface area contributed by atoms with Crippen molar-refractivity contribution in [1.82, 2.24) is 5.32 Å². The highest BCUT2D eigenvalue weighted by molar-refractivity contribution is 5.76. The van der Waals surface area contributed by atoms with Crippen molar-refractivity contribution < 1.29 is 15.0 Å². The van der Waals surface area contributed by atoms with E-state index in [-0.39, 0.29) is 12.5 Å². The Balaban J connectivity index is 3.35. The van der Waals surface area contributed by atoms with Crippen molar-refractivity contribution >= 4 is 5.91 Å². The minimum absolute atomic E-state index is 0.0204. The third kappa shape index (κ3) is 56.3. The van der Waals surface area contributed by atoms with Gasteiger partial charge in [0.2, 0.25) is 5.91 Å². The molecule has 0 saturated heterocycles. The Bertz CT molecular complexity index is 910. The van der Waals surface area contributed by atoms with Gasteiger partial charge in [-0.05, 0) is 12.8 Å². The fraction of sp³-hybridized carbons (Fsp3) is 0.984. The van der Waals surface area contributed by atoms with E-state index in [4.69, 9.17) is 0 Å². The summed E-state index contributed by atoms with van der Waals surface area (Å²) in [5.41, 5.74) is 0. The van der Waals surface area contributed by atoms with Crippen molar-refractivity contribution in [2.45, 2.75) is 398 Å². The molecule has 0 aliphatic rings. The van der Waals surface area contributed by atoms with Gasteiger partial charge in [-0.2, -0.15) is 0 Å². The zero-order chi connectivity index (χ0) is 49.2. The minimum atomic E-state index is -0.655. The van der Waals surface area contributed by atoms with E-state index in [2.05, 4.69) is 19.2 Å². The van der Waals surface area contributed by atoms with Crippen LogP contribution < -0.4 is 5.32 Å². The van der Waals surface area contributed by atoms with Gasteiger partial charge in [-0.1, -0.05) is 367 Å². The fourth-order valence-corrected chi connectivity index (χ4v) is 10.7. The summed E-state index contributed by atoms with van der Waals surface area (Å²) in [7, 11) is 0. The molecule has 0 aromatic heterocycles. The van der Waals surface area contributed by atoms with Gasteiger partial charge in [0.1, 0.15) is 0 Å². The Labute approximate surface area is 429 Å². The van der Waals surface area contributed by atoms with E-state index in [0.717, 1.165) is 25.7 Å². The molecule has 0 aliphatic heterocycles. The summed E-state index contributed by atoms with van der Waals surface area (Å²) in [4.78, 5) is 12.5. The first-order chi connectivity index (χ1) is 33.7. The maximum absolute atomic E-state index is 12.5. The Morgan fingerprint density at radius 3 is 0.662 bits per heavy atom. The van der Waals surface area contributed by atoms with Gasteiger partial charge in [-0.25, -0.2) is 0 Å². The molecular weight excluding hydrogens is 831 g/mol. The molecule has 0 aromatic carbocycles. The SMILES string of the molecule is CCCCCCCCCCCCCCCCCCCCCCCCCCCCCCCCCCCCCC(=O)NC(CO)C(O)CCCCCCCCCCCCCCCCCCCCCCC. The van der Waals surface area contributed by atoms with Crippen LogP contribution >= 0.6 is 0 Å². The topological polar surface area (TPSA) is 69.6 Å². The van der Waals surface area contributed by atoms with E-state index < -0.39 is 12.1 Å². The summed E-state index contributed by atoms with van der Waals surface area (Å²) in [6, 6.07) is -0.532. The van der Waals surface area contributed by atoms with Crippen LogP contribution in [0.2, 0.25) is 0 Å². The molecular formula is C64H129NO3. The minimum Gasteiger partial charge on any atom is -0.394 e. The normalized spacial score (nSPS) is 12.6. The second kappa shape index (κ2) is 60.7. The lowest BCUT2D eigenvalue weighted by atomic mass is 10.0. The van der Waals surface area contributed by atoms with Crippen molar-refractivity contribution in [2.75, 3.05) is 6.61 Å². The zero-order valence-electron chi connectivity index (χ0n) is 47.2. The monoisotopic (exact) mass is 960 g/mol. The van der Waals surface area contributed by atoms with Crippen LogP contribution in [0.25, 0.3) is 0 Å². The van der Waals surface area contributed by atoms with Crippen LogP contribution in [0, 0.1) is 0 Å². The summed E-state index contributed by atoms with van der Waals surface area (Å²) in [5.74, 6) is -0.0204. The third-order valence-corrected chi connectivity index (χ3v) is 15.6. The summed E-state index contributed by atoms with van der Waals surface area (Å²) in [5, 5.41) is 23.4. The molecule has 3 N–H and O–H groups in total. The number of nitrogens with one attached hydrogen (secondary N) is 1. The van der Waals surface area contributed by atoms with Crippen LogP contribution in [-0.4, -0.2) is 34.9 Å². The van der Waals surface area contributed by atoms with Crippen LogP contribution in [0.3, 0.4) is 0 Å². The lowest BCUT2D eigenvalue weighted by Crippen LogP contribution is -2.45. The number of hydrogen-bond donors (Lipinski definition) is 3. The summed E-state index contributed by atoms with van der Waals surface area (Å²) >= 11 is 0. The van der Waals surface area contributed by atoms with Crippen molar-refractivity contribution in [1.29, 1.82) is 0 Å². The first-order valence-electron chi connectivity index (χ1n) is 32.2. The molecule has 0 rings (SSSR count). The maximum atomic E-state index is 12.5. The van der Waals surface area contributed by atoms with Crippen LogP contribution in [0.1, 0.15) is 386 Å². The molecule has 2 unspecified atom stereocenters. The Kier molecular flexibility index (Phi) is 60.1. The van der Waals surface area contributed by atoms with Gasteiger partial charge in [0.15, 0.2) is 0 Å². The second-order valence-electron chi connectivity index (χ2n) is 22.6. The number of aliphatic hydroxyl groups is 2. The maximum Gasteiger partial charge on any atom is 0.220 e. The first-order valence-corrected chi connectivity index (χ1v) is 32.2. The Morgan fingerprint density at radius 1 is 0.294 bits per heavy atom. The van der Waals surface area contributed by atoms with E-state index in [1.54, 1.807) is 0 Å². The highest BCUT2D eigenvalue weighted by Gasteiger charge is 2.20. The van der Waals surface area contributed by atoms with Gasteiger partial charge >= 0.3 is 0 Å². The van der Waals surface area contributed by atoms with Crippen LogP contribution in [0.4, 0.5) is 0 Å². The molecule has 2 atom stereocenters. The number of amides is 1. The van der Waals surface area contributed by atoms with Gasteiger partial charge < -0.3 is 15.5 Å². The molecule has 0 fully saturated rings. The quantitative estimate of drug-likeness (QED) is 0.0532. The standard InChI is InChI=1S/C64H129NO3/c1-3-5-7-9-11-13-15-17-19-21-23-25-26-27-28-29-30-31-32-33-34-35-36-37-38-40-42-44-46-48-50-52-54-56-58-60-64(68)65-62(61-66)63(67)59-57-55-53-51-49-47-45-43-41-39-24-22-20-18-16-14-12-10-8-6-4-2/h62-63,66-67H,3-61H2,1-2H3,(H,65,68). The zero-order valence-corrected chi connectivity index (χ0v) is 47.2. The van der Waals surface area contributed by atoms with Crippen LogP contribution in [0.5, 0.6) is 0 Å². The number of rotatable bonds is 61. The molecule has 0 saturated carbocycles. The average Bonchev–Trinajstić information content (AvgIpc) is 3.34. The molecule has 68 heavy (non-hydrogen) atoms. The number of aliphatic hydroxyl groups excluding tert-OH is 2. The molecule has 408 valence electrons. The molecule has 1 amide bonds. The molecule has 0 aliphatic carbocycles. The van der Waals surface area contributed by atoms with Crippen LogP contribution in [0.15, 0.2) is 0 Å². The van der Waals surface area contributed by atoms with E-state index >= 15 is 0 Å². The number of hydrogen-bond acceptors (Lipinski definition) is 3. The smallest absolute Gasteiger partial charge is 0.220 e. The van der Waals surface area contributed by atoms with Gasteiger partial charge in [0.25, 0.3) is 0 Å². The van der Waals surface area contributed by atoms with Gasteiger partial charge in [0, 0.05) is 6.42 Å². The molecule has 0 spiro atoms. The Hall–Kier alpha value is -0.610. The predicted octanol–water partition coefficient (Wildman–Crippen LogP) is 21.5. The van der Waals surface area contributed by atoms with E-state index in [0.29, 0.717) is 12.8 Å². The van der Waals surface area contributed by atoms with E-state index in [1.807, 2.05) is 0 Å². The summed E-state index contributed by atoms with van der Waals surface area (Å²) in [6.07, 6.45) is 78.5. The second-order valence-corrected chi connectivity index (χ2v) is 22.6. The number of carbonyl (C=O) groups excluding carboxylic acids is 1. The highest BCUT2D eigenvalue weighted by atomic mass is 16.3. The lowest BCUT2D eigenvalue weighted by Gasteiger charge is -2.22. The molecule has 4 nitrogen and oxygen atoms in total. The largest absolute Gasteiger partial charge is 0.394 e. The van der Waals surface area contributed by atoms with Gasteiger partial charge in [0.05, 0.1) is 18.8 Å². The lowest BCUT2D eigenvalue weighted by molar-refractivity contribution is -0.123. The summed E-state index contributed by atoms with van der Waals surface area (Å²) < 4.78 is 0. The molecule has 0 bridgehead atoms. The average molecular weight is 961 g/mol. The fourth-order valence-electron chi connectivity index (χ4n) is 10.7. The van der Waals surface area contributed by atoms with Crippen molar-refractivity contribution in [3.05, 3.63) is 0 Å². The first kappa shape index (κ1) is 67.4. The van der Waals surface area contributed by atoms with Crippen LogP contribution in [-0.2, 0) is 4.79 Å². The van der Waals surface area contributed by atoms with Crippen molar-refractivity contribution in [3.8, 4) is 0 Å². The van der Waals surface area contributed by atoms with E-state index in [1.165, 1.54) is 334 Å². The molecule has 0 radical (unpaired) electrons. The molecule has 0 heterocycles. The molecule has 4 heteroatoms. The number of unbranched alkanes of at least 4 members (excludes halogenated alkanes) is 54. The van der Waals surface area contributed by atoms with E-state index in [9.17, 15) is 15.0 Å². The Morgan fingerprint density at radius 2 is 0.471 bits per heavy atom. The molecule has 0 aromatic rings. The van der Waals surface area contributed by atoms with Gasteiger partial charge in [-0.15, -0.1) is 0 Å². The van der Waals surface area contributed by atoms with Crippen molar-refractivity contribution in [2.24, 2.45) is 0 Å². The summed E-state index contributed by atoms with van der Waals surface area (Å²) in [6.45, 7) is 4.41. The number of carbonyl (C=O) groups is 1. The highest BCUT2D eigenvalue weighted by Crippen LogP contribution is 2.19.